The Morgan fingerprint density at radius 3 is 2.79 bits per heavy atom. The van der Waals surface area contributed by atoms with E-state index < -0.39 is 30.3 Å². The van der Waals surface area contributed by atoms with Gasteiger partial charge in [-0.1, -0.05) is 32.1 Å². The molecule has 3 rings (SSSR count). The quantitative estimate of drug-likeness (QED) is 0.810. The zero-order valence-corrected chi connectivity index (χ0v) is 16.1. The van der Waals surface area contributed by atoms with Gasteiger partial charge in [0.25, 0.3) is 11.6 Å². The third kappa shape index (κ3) is 3.45. The normalized spacial score (nSPS) is 24.6. The lowest BCUT2D eigenvalue weighted by molar-refractivity contribution is -0.319. The number of carbonyl (C=O) groups is 1. The van der Waals surface area contributed by atoms with E-state index in [2.05, 4.69) is 5.43 Å². The Bertz CT molecular complexity index is 791. The number of amides is 1. The monoisotopic (exact) mass is 398 g/mol. The number of nitrogens with one attached hydrogen (secondary N) is 1. The van der Waals surface area contributed by atoms with Gasteiger partial charge < -0.3 is 9.84 Å². The van der Waals surface area contributed by atoms with Crippen molar-refractivity contribution < 1.29 is 27.8 Å². The number of benzene rings is 1. The summed E-state index contributed by atoms with van der Waals surface area (Å²) in [5.74, 6) is -1.62. The van der Waals surface area contributed by atoms with E-state index in [4.69, 9.17) is 4.74 Å². The van der Waals surface area contributed by atoms with Crippen molar-refractivity contribution in [2.75, 3.05) is 6.61 Å². The van der Waals surface area contributed by atoms with Crippen LogP contribution in [0.25, 0.3) is 0 Å². The molecule has 0 spiro atoms. The molecule has 0 bridgehead atoms. The van der Waals surface area contributed by atoms with Gasteiger partial charge in [-0.25, -0.2) is 5.01 Å². The van der Waals surface area contributed by atoms with Crippen molar-refractivity contribution in [1.29, 1.82) is 0 Å². The standard InChI is InChI=1S/C20H25F3N2O3/c1-12(2)14-9-8-13(3)10-17(14)28-11-18(26)25-19(27,20(21,22)23)15-6-4-5-7-16(15)24-25/h7-10,12,15,24,27H,4-6,11H2,1-3H3/t15-,19+/m0/s1. The topological polar surface area (TPSA) is 61.8 Å². The number of aryl methyl sites for hydroxylation is 1. The molecule has 1 saturated heterocycles. The predicted molar refractivity (Wildman–Crippen MR) is 97.2 cm³/mol. The molecule has 0 aromatic heterocycles. The van der Waals surface area contributed by atoms with Gasteiger partial charge in [-0.2, -0.15) is 13.2 Å². The van der Waals surface area contributed by atoms with Crippen molar-refractivity contribution in [2.45, 2.75) is 57.9 Å². The smallest absolute Gasteiger partial charge is 0.439 e. The zero-order valence-electron chi connectivity index (χ0n) is 16.1. The van der Waals surface area contributed by atoms with Crippen LogP contribution in [0, 0.1) is 12.8 Å². The van der Waals surface area contributed by atoms with Crippen molar-refractivity contribution in [3.8, 4) is 5.75 Å². The SMILES string of the molecule is Cc1ccc(C(C)C)c(OCC(=O)N2NC3=CCCC[C@@H]3[C@@]2(O)C(F)(F)F)c1. The summed E-state index contributed by atoms with van der Waals surface area (Å²) in [5, 5.41) is 10.8. The lowest BCUT2D eigenvalue weighted by Crippen LogP contribution is -2.63. The van der Waals surface area contributed by atoms with Crippen LogP contribution in [0.15, 0.2) is 30.0 Å². The Morgan fingerprint density at radius 2 is 2.14 bits per heavy atom. The van der Waals surface area contributed by atoms with Crippen LogP contribution in [0.2, 0.25) is 0 Å². The van der Waals surface area contributed by atoms with E-state index >= 15 is 0 Å². The molecule has 1 aliphatic carbocycles. The van der Waals surface area contributed by atoms with Crippen molar-refractivity contribution in [1.82, 2.24) is 10.4 Å². The van der Waals surface area contributed by atoms with Gasteiger partial charge in [0.1, 0.15) is 5.75 Å². The van der Waals surface area contributed by atoms with Gasteiger partial charge in [-0.3, -0.25) is 10.2 Å². The molecule has 1 aromatic carbocycles. The fraction of sp³-hybridized carbons (Fsp3) is 0.550. The number of halogens is 3. The van der Waals surface area contributed by atoms with E-state index in [0.717, 1.165) is 11.1 Å². The minimum Gasteiger partial charge on any atom is -0.483 e. The maximum Gasteiger partial charge on any atom is 0.439 e. The van der Waals surface area contributed by atoms with Crippen LogP contribution in [-0.4, -0.2) is 34.5 Å². The Morgan fingerprint density at radius 1 is 1.43 bits per heavy atom. The fourth-order valence-electron chi connectivity index (χ4n) is 3.81. The number of hydrogen-bond donors (Lipinski definition) is 2. The number of hydrazine groups is 1. The van der Waals surface area contributed by atoms with Crippen LogP contribution in [0.4, 0.5) is 13.2 Å². The maximum absolute atomic E-state index is 13.8. The second kappa shape index (κ2) is 7.31. The summed E-state index contributed by atoms with van der Waals surface area (Å²) in [4.78, 5) is 12.6. The van der Waals surface area contributed by atoms with Crippen LogP contribution < -0.4 is 10.2 Å². The first-order valence-corrected chi connectivity index (χ1v) is 9.38. The first-order chi connectivity index (χ1) is 13.1. The molecule has 2 N–H and O–H groups in total. The Kier molecular flexibility index (Phi) is 5.36. The van der Waals surface area contributed by atoms with E-state index in [1.807, 2.05) is 32.9 Å². The molecule has 8 heteroatoms. The molecule has 1 fully saturated rings. The first-order valence-electron chi connectivity index (χ1n) is 9.38. The molecule has 2 aliphatic rings. The molecule has 0 unspecified atom stereocenters. The third-order valence-corrected chi connectivity index (χ3v) is 5.31. The van der Waals surface area contributed by atoms with E-state index in [1.165, 1.54) is 0 Å². The number of fused-ring (bicyclic) bond motifs is 1. The largest absolute Gasteiger partial charge is 0.483 e. The van der Waals surface area contributed by atoms with Gasteiger partial charge >= 0.3 is 6.18 Å². The highest BCUT2D eigenvalue weighted by molar-refractivity contribution is 5.79. The van der Waals surface area contributed by atoms with Crippen LogP contribution in [0.5, 0.6) is 5.75 Å². The van der Waals surface area contributed by atoms with Gasteiger partial charge in [-0.05, 0) is 49.3 Å². The molecule has 1 aliphatic heterocycles. The molecular weight excluding hydrogens is 373 g/mol. The molecule has 0 saturated carbocycles. The number of nitrogens with zero attached hydrogens (tertiary/aromatic N) is 1. The number of allylic oxidation sites excluding steroid dienone is 1. The summed E-state index contributed by atoms with van der Waals surface area (Å²) in [5.41, 5.74) is 1.19. The summed E-state index contributed by atoms with van der Waals surface area (Å²) in [6.07, 6.45) is -2.12. The van der Waals surface area contributed by atoms with E-state index in [9.17, 15) is 23.1 Å². The van der Waals surface area contributed by atoms with Gasteiger partial charge in [0, 0.05) is 5.70 Å². The van der Waals surface area contributed by atoms with E-state index in [1.54, 1.807) is 12.1 Å². The van der Waals surface area contributed by atoms with E-state index in [-0.39, 0.29) is 18.0 Å². The Hall–Kier alpha value is -2.22. The molecule has 1 aromatic rings. The van der Waals surface area contributed by atoms with Crippen molar-refractivity contribution in [3.05, 3.63) is 41.1 Å². The van der Waals surface area contributed by atoms with Crippen molar-refractivity contribution in [3.63, 3.8) is 0 Å². The van der Waals surface area contributed by atoms with Gasteiger partial charge in [0.2, 0.25) is 0 Å². The lowest BCUT2D eigenvalue weighted by Gasteiger charge is -2.37. The van der Waals surface area contributed by atoms with Crippen LogP contribution >= 0.6 is 0 Å². The summed E-state index contributed by atoms with van der Waals surface area (Å²) in [6, 6.07) is 5.53. The molecule has 28 heavy (non-hydrogen) atoms. The first kappa shape index (κ1) is 20.5. The molecule has 5 nitrogen and oxygen atoms in total. The van der Waals surface area contributed by atoms with Crippen molar-refractivity contribution >= 4 is 5.91 Å². The average Bonchev–Trinajstić information content (AvgIpc) is 2.94. The number of rotatable bonds is 4. The number of hydrogen-bond acceptors (Lipinski definition) is 4. The summed E-state index contributed by atoms with van der Waals surface area (Å²) in [6.45, 7) is 5.16. The van der Waals surface area contributed by atoms with E-state index in [0.29, 0.717) is 23.6 Å². The number of alkyl halides is 3. The second-order valence-corrected chi connectivity index (χ2v) is 7.69. The molecule has 0 radical (unpaired) electrons. The van der Waals surface area contributed by atoms with Crippen LogP contribution in [0.3, 0.4) is 0 Å². The van der Waals surface area contributed by atoms with Gasteiger partial charge in [0.15, 0.2) is 6.61 Å². The molecule has 154 valence electrons. The third-order valence-electron chi connectivity index (χ3n) is 5.31. The lowest BCUT2D eigenvalue weighted by atomic mass is 9.84. The maximum atomic E-state index is 13.8. The second-order valence-electron chi connectivity index (χ2n) is 7.69. The molecule has 1 heterocycles. The number of aliphatic hydroxyl groups is 1. The van der Waals surface area contributed by atoms with Gasteiger partial charge in [-0.15, -0.1) is 0 Å². The highest BCUT2D eigenvalue weighted by Crippen LogP contribution is 2.48. The molecular formula is C20H25F3N2O3. The summed E-state index contributed by atoms with van der Waals surface area (Å²) < 4.78 is 46.9. The number of ether oxygens (including phenoxy) is 1. The minimum absolute atomic E-state index is 0.121. The number of carbonyl (C=O) groups excluding carboxylic acids is 1. The summed E-state index contributed by atoms with van der Waals surface area (Å²) in [7, 11) is 0. The molecule has 2 atom stereocenters. The van der Waals surface area contributed by atoms with Crippen LogP contribution in [0.1, 0.15) is 50.2 Å². The zero-order chi connectivity index (χ0) is 20.7. The fourth-order valence-corrected chi connectivity index (χ4v) is 3.81. The highest BCUT2D eigenvalue weighted by atomic mass is 19.4. The average molecular weight is 398 g/mol. The molecule has 1 amide bonds. The predicted octanol–water partition coefficient (Wildman–Crippen LogP) is 3.78. The highest BCUT2D eigenvalue weighted by Gasteiger charge is 2.68. The van der Waals surface area contributed by atoms with Crippen molar-refractivity contribution in [2.24, 2.45) is 5.92 Å². The van der Waals surface area contributed by atoms with Gasteiger partial charge in [0.05, 0.1) is 5.92 Å². The minimum atomic E-state index is -5.00. The summed E-state index contributed by atoms with van der Waals surface area (Å²) >= 11 is 0. The Balaban J connectivity index is 1.83. The van der Waals surface area contributed by atoms with Crippen LogP contribution in [-0.2, 0) is 4.79 Å². The Labute approximate surface area is 162 Å².